The van der Waals surface area contributed by atoms with Gasteiger partial charge in [-0.3, -0.25) is 9.78 Å². The molecule has 1 amide bonds. The smallest absolute Gasteiger partial charge is 0.250 e. The van der Waals surface area contributed by atoms with Crippen LogP contribution < -0.4 is 19.7 Å². The van der Waals surface area contributed by atoms with Crippen LogP contribution in [0.3, 0.4) is 0 Å². The number of hydrogen-bond donors (Lipinski definition) is 1. The topological polar surface area (TPSA) is 92.7 Å². The Labute approximate surface area is 209 Å². The van der Waals surface area contributed by atoms with E-state index < -0.39 is 0 Å². The highest BCUT2D eigenvalue weighted by Gasteiger charge is 2.26. The molecule has 1 N–H and O–H groups in total. The number of likely N-dealkylation sites (N-methyl/N-ethyl adjacent to an activating group) is 1. The number of carbonyl (C=O) groups is 1. The van der Waals surface area contributed by atoms with Gasteiger partial charge in [-0.15, -0.1) is 0 Å². The normalized spacial score (nSPS) is 13.0. The van der Waals surface area contributed by atoms with Crippen LogP contribution in [0.1, 0.15) is 0 Å². The van der Waals surface area contributed by atoms with Gasteiger partial charge in [0.05, 0.1) is 29.3 Å². The van der Waals surface area contributed by atoms with Crippen LogP contribution in [0.4, 0.5) is 17.2 Å². The monoisotopic (exact) mass is 482 g/mol. The molecule has 0 spiro atoms. The van der Waals surface area contributed by atoms with Crippen LogP contribution in [0, 0.1) is 0 Å². The minimum atomic E-state index is -0.0867. The molecule has 2 aromatic heterocycles. The zero-order valence-electron chi connectivity index (χ0n) is 20.1. The molecule has 2 aromatic carbocycles. The second-order valence-electron chi connectivity index (χ2n) is 8.47. The molecule has 0 bridgehead atoms. The standard InChI is InChI=1S/C27H26N6O3/c1-32(2)14-4-6-24(34)33-15-16-35-26-23(33)12-11-22-25(26)27(30-18-29-22)31-19-7-9-20(10-8-19)36-21-5-3-13-28-17-21/h3-13,17-18H,14-16H2,1-2H3,(H,29,30,31)/b6-4+. The Balaban J connectivity index is 1.42. The maximum atomic E-state index is 12.9. The lowest BCUT2D eigenvalue weighted by Crippen LogP contribution is -2.37. The average molecular weight is 483 g/mol. The third-order valence-electron chi connectivity index (χ3n) is 5.57. The molecule has 0 saturated heterocycles. The van der Waals surface area contributed by atoms with E-state index in [2.05, 4.69) is 20.3 Å². The van der Waals surface area contributed by atoms with E-state index in [1.54, 1.807) is 23.4 Å². The number of anilines is 3. The summed E-state index contributed by atoms with van der Waals surface area (Å²) in [5.74, 6) is 2.46. The summed E-state index contributed by atoms with van der Waals surface area (Å²) in [6, 6.07) is 15.0. The van der Waals surface area contributed by atoms with E-state index in [9.17, 15) is 4.79 Å². The van der Waals surface area contributed by atoms with E-state index in [0.717, 1.165) is 16.6 Å². The van der Waals surface area contributed by atoms with Crippen LogP contribution >= 0.6 is 0 Å². The number of rotatable bonds is 7. The van der Waals surface area contributed by atoms with Crippen LogP contribution in [0.2, 0.25) is 0 Å². The Hall–Kier alpha value is -4.50. The SMILES string of the molecule is CN(C)C/C=C/C(=O)N1CCOc2c1ccc1ncnc(Nc3ccc(Oc4cccnc4)cc3)c21. The predicted octanol–water partition coefficient (Wildman–Crippen LogP) is 4.40. The van der Waals surface area contributed by atoms with Gasteiger partial charge in [-0.25, -0.2) is 9.97 Å². The summed E-state index contributed by atoms with van der Waals surface area (Å²) in [5, 5.41) is 4.08. The molecule has 9 nitrogen and oxygen atoms in total. The number of aromatic nitrogens is 3. The summed E-state index contributed by atoms with van der Waals surface area (Å²) in [7, 11) is 3.92. The number of fused-ring (bicyclic) bond motifs is 3. The lowest BCUT2D eigenvalue weighted by molar-refractivity contribution is -0.114. The van der Waals surface area contributed by atoms with Crippen LogP contribution in [-0.2, 0) is 4.79 Å². The fourth-order valence-electron chi connectivity index (χ4n) is 3.89. The van der Waals surface area contributed by atoms with Crippen molar-refractivity contribution in [2.45, 2.75) is 0 Å². The summed E-state index contributed by atoms with van der Waals surface area (Å²) in [4.78, 5) is 29.6. The first-order valence-corrected chi connectivity index (χ1v) is 11.6. The molecule has 5 rings (SSSR count). The summed E-state index contributed by atoms with van der Waals surface area (Å²) in [5.41, 5.74) is 2.24. The number of nitrogens with one attached hydrogen (secondary N) is 1. The second kappa shape index (κ2) is 10.4. The van der Waals surface area contributed by atoms with Gasteiger partial charge in [0.1, 0.15) is 30.3 Å². The highest BCUT2D eigenvalue weighted by Crippen LogP contribution is 2.41. The Kier molecular flexibility index (Phi) is 6.72. The molecular weight excluding hydrogens is 456 g/mol. The third kappa shape index (κ3) is 5.11. The zero-order valence-corrected chi connectivity index (χ0v) is 20.1. The molecule has 3 heterocycles. The summed E-state index contributed by atoms with van der Waals surface area (Å²) < 4.78 is 11.9. The first kappa shape index (κ1) is 23.3. The van der Waals surface area contributed by atoms with Gasteiger partial charge in [0, 0.05) is 24.5 Å². The van der Waals surface area contributed by atoms with E-state index in [1.807, 2.05) is 73.6 Å². The van der Waals surface area contributed by atoms with Gasteiger partial charge in [-0.1, -0.05) is 6.08 Å². The average Bonchev–Trinajstić information content (AvgIpc) is 2.89. The highest BCUT2D eigenvalue weighted by molar-refractivity contribution is 6.07. The Morgan fingerprint density at radius 1 is 1.14 bits per heavy atom. The first-order valence-electron chi connectivity index (χ1n) is 11.6. The first-order chi connectivity index (χ1) is 17.6. The molecule has 9 heteroatoms. The number of amides is 1. The molecule has 0 aliphatic carbocycles. The molecule has 1 aliphatic rings. The largest absolute Gasteiger partial charge is 0.489 e. The van der Waals surface area contributed by atoms with Crippen molar-refractivity contribution in [3.63, 3.8) is 0 Å². The third-order valence-corrected chi connectivity index (χ3v) is 5.57. The number of ether oxygens (including phenoxy) is 2. The van der Waals surface area contributed by atoms with Crippen molar-refractivity contribution < 1.29 is 14.3 Å². The maximum Gasteiger partial charge on any atom is 0.250 e. The van der Waals surface area contributed by atoms with E-state index in [1.165, 1.54) is 6.33 Å². The van der Waals surface area contributed by atoms with Crippen LogP contribution in [0.5, 0.6) is 17.2 Å². The lowest BCUT2D eigenvalue weighted by Gasteiger charge is -2.30. The molecule has 0 unspecified atom stereocenters. The van der Waals surface area contributed by atoms with Crippen molar-refractivity contribution in [2.75, 3.05) is 44.0 Å². The molecule has 0 atom stereocenters. The molecule has 0 fully saturated rings. The Morgan fingerprint density at radius 3 is 2.78 bits per heavy atom. The Morgan fingerprint density at radius 2 is 2.00 bits per heavy atom. The van der Waals surface area contributed by atoms with E-state index in [-0.39, 0.29) is 5.91 Å². The van der Waals surface area contributed by atoms with Crippen molar-refractivity contribution in [1.82, 2.24) is 19.9 Å². The predicted molar refractivity (Wildman–Crippen MR) is 139 cm³/mol. The molecule has 4 aromatic rings. The summed E-state index contributed by atoms with van der Waals surface area (Å²) >= 11 is 0. The number of pyridine rings is 1. The van der Waals surface area contributed by atoms with Crippen LogP contribution in [0.25, 0.3) is 10.9 Å². The summed E-state index contributed by atoms with van der Waals surface area (Å²) in [6.07, 6.45) is 8.33. The van der Waals surface area contributed by atoms with Crippen molar-refractivity contribution in [3.05, 3.63) is 79.4 Å². The molecule has 0 radical (unpaired) electrons. The van der Waals surface area contributed by atoms with Gasteiger partial charge in [0.15, 0.2) is 5.75 Å². The van der Waals surface area contributed by atoms with Gasteiger partial charge in [0.25, 0.3) is 5.91 Å². The van der Waals surface area contributed by atoms with Crippen molar-refractivity contribution in [1.29, 1.82) is 0 Å². The lowest BCUT2D eigenvalue weighted by atomic mass is 10.1. The quantitative estimate of drug-likeness (QED) is 0.388. The minimum absolute atomic E-state index is 0.0867. The van der Waals surface area contributed by atoms with E-state index in [4.69, 9.17) is 9.47 Å². The zero-order chi connectivity index (χ0) is 24.9. The van der Waals surface area contributed by atoms with Gasteiger partial charge < -0.3 is 24.6 Å². The second-order valence-corrected chi connectivity index (χ2v) is 8.47. The highest BCUT2D eigenvalue weighted by atomic mass is 16.5. The summed E-state index contributed by atoms with van der Waals surface area (Å²) in [6.45, 7) is 1.54. The van der Waals surface area contributed by atoms with Crippen molar-refractivity contribution in [3.8, 4) is 17.2 Å². The minimum Gasteiger partial charge on any atom is -0.489 e. The fourth-order valence-corrected chi connectivity index (χ4v) is 3.89. The molecular formula is C27H26N6O3. The molecule has 36 heavy (non-hydrogen) atoms. The van der Waals surface area contributed by atoms with Crippen molar-refractivity contribution in [2.24, 2.45) is 0 Å². The van der Waals surface area contributed by atoms with Gasteiger partial charge in [-0.05, 0) is 62.6 Å². The molecule has 0 saturated carbocycles. The maximum absolute atomic E-state index is 12.9. The van der Waals surface area contributed by atoms with Crippen LogP contribution in [0.15, 0.2) is 79.4 Å². The van der Waals surface area contributed by atoms with Gasteiger partial charge in [-0.2, -0.15) is 0 Å². The van der Waals surface area contributed by atoms with Crippen molar-refractivity contribution >= 4 is 34.0 Å². The molecule has 182 valence electrons. The number of nitrogens with zero attached hydrogens (tertiary/aromatic N) is 5. The van der Waals surface area contributed by atoms with Gasteiger partial charge in [0.2, 0.25) is 0 Å². The molecule has 1 aliphatic heterocycles. The fraction of sp³-hybridized carbons (Fsp3) is 0.185. The van der Waals surface area contributed by atoms with Crippen LogP contribution in [-0.4, -0.2) is 59.6 Å². The van der Waals surface area contributed by atoms with E-state index in [0.29, 0.717) is 48.5 Å². The number of benzene rings is 2. The van der Waals surface area contributed by atoms with E-state index >= 15 is 0 Å². The number of carbonyl (C=O) groups excluding carboxylic acids is 1. The number of hydrogen-bond acceptors (Lipinski definition) is 8. The Bertz CT molecular complexity index is 1390. The van der Waals surface area contributed by atoms with Gasteiger partial charge >= 0.3 is 0 Å².